The summed E-state index contributed by atoms with van der Waals surface area (Å²) < 4.78 is 10.6. The minimum atomic E-state index is 0.259. The van der Waals surface area contributed by atoms with Gasteiger partial charge in [0.15, 0.2) is 11.5 Å². The summed E-state index contributed by atoms with van der Waals surface area (Å²) in [7, 11) is 0. The Labute approximate surface area is 109 Å². The average molecular weight is 267 g/mol. The maximum atomic E-state index is 6.16. The maximum absolute atomic E-state index is 6.16. The molecule has 0 atom stereocenters. The largest absolute Gasteiger partial charge is 0.454 e. The van der Waals surface area contributed by atoms with Crippen molar-refractivity contribution < 1.29 is 9.47 Å². The fourth-order valence-corrected chi connectivity index (χ4v) is 2.44. The lowest BCUT2D eigenvalue weighted by atomic mass is 10.1. The van der Waals surface area contributed by atoms with Crippen LogP contribution < -0.4 is 9.47 Å². The van der Waals surface area contributed by atoms with Gasteiger partial charge < -0.3 is 9.47 Å². The first-order valence-electron chi connectivity index (χ1n) is 5.10. The Bertz CT molecular complexity index is 561. The Hall–Kier alpha value is -1.38. The van der Waals surface area contributed by atoms with Gasteiger partial charge in [-0.25, -0.2) is 0 Å². The van der Waals surface area contributed by atoms with Gasteiger partial charge in [0.1, 0.15) is 0 Å². The lowest BCUT2D eigenvalue weighted by Gasteiger charge is -2.07. The van der Waals surface area contributed by atoms with Crippen molar-refractivity contribution in [1.82, 2.24) is 0 Å². The number of hydrogen-bond donors (Lipinski definition) is 0. The number of benzene rings is 2. The third kappa shape index (κ3) is 1.84. The van der Waals surface area contributed by atoms with Crippen LogP contribution in [0.3, 0.4) is 0 Å². The third-order valence-corrected chi connectivity index (χ3v) is 3.25. The summed E-state index contributed by atoms with van der Waals surface area (Å²) in [5.41, 5.74) is 1.74. The molecule has 0 bridgehead atoms. The molecule has 0 saturated heterocycles. The normalized spacial score (nSPS) is 12.8. The Morgan fingerprint density at radius 1 is 0.882 bits per heavy atom. The van der Waals surface area contributed by atoms with E-state index in [1.165, 1.54) is 0 Å². The fraction of sp³-hybridized carbons (Fsp3) is 0.0769. The number of halogens is 2. The quantitative estimate of drug-likeness (QED) is 0.762. The highest BCUT2D eigenvalue weighted by Gasteiger charge is 2.16. The van der Waals surface area contributed by atoms with Crippen molar-refractivity contribution in [2.24, 2.45) is 0 Å². The van der Waals surface area contributed by atoms with Crippen molar-refractivity contribution in [3.8, 4) is 22.6 Å². The molecule has 1 aliphatic rings. The number of fused-ring (bicyclic) bond motifs is 1. The van der Waals surface area contributed by atoms with E-state index in [0.29, 0.717) is 10.0 Å². The zero-order chi connectivity index (χ0) is 11.8. The molecule has 0 spiro atoms. The highest BCUT2D eigenvalue weighted by molar-refractivity contribution is 6.39. The van der Waals surface area contributed by atoms with Gasteiger partial charge in [0.25, 0.3) is 0 Å². The van der Waals surface area contributed by atoms with Gasteiger partial charge in [-0.2, -0.15) is 0 Å². The van der Waals surface area contributed by atoms with Crippen LogP contribution in [-0.4, -0.2) is 6.79 Å². The molecule has 2 nitrogen and oxygen atoms in total. The Morgan fingerprint density at radius 3 is 2.35 bits per heavy atom. The summed E-state index contributed by atoms with van der Waals surface area (Å²) in [5, 5.41) is 1.24. The molecular formula is C13H8Cl2O2. The van der Waals surface area contributed by atoms with Gasteiger partial charge in [0.2, 0.25) is 6.79 Å². The third-order valence-electron chi connectivity index (χ3n) is 2.62. The van der Waals surface area contributed by atoms with Gasteiger partial charge in [0.05, 0.1) is 0 Å². The molecule has 1 aliphatic heterocycles. The zero-order valence-corrected chi connectivity index (χ0v) is 10.3. The summed E-state index contributed by atoms with van der Waals surface area (Å²) in [6, 6.07) is 11.1. The average Bonchev–Trinajstić information content (AvgIpc) is 2.76. The number of rotatable bonds is 1. The van der Waals surface area contributed by atoms with E-state index in [4.69, 9.17) is 32.7 Å². The van der Waals surface area contributed by atoms with Gasteiger partial charge in [-0.3, -0.25) is 0 Å². The van der Waals surface area contributed by atoms with Crippen LogP contribution in [0.4, 0.5) is 0 Å². The van der Waals surface area contributed by atoms with Crippen molar-refractivity contribution in [3.05, 3.63) is 46.4 Å². The first kappa shape index (κ1) is 10.8. The molecule has 0 amide bonds. The lowest BCUT2D eigenvalue weighted by Crippen LogP contribution is -1.92. The predicted molar refractivity (Wildman–Crippen MR) is 68.0 cm³/mol. The van der Waals surface area contributed by atoms with Gasteiger partial charge >= 0.3 is 0 Å². The second-order valence-corrected chi connectivity index (χ2v) is 4.48. The van der Waals surface area contributed by atoms with E-state index in [1.807, 2.05) is 36.4 Å². The number of hydrogen-bond acceptors (Lipinski definition) is 2. The van der Waals surface area contributed by atoms with E-state index < -0.39 is 0 Å². The van der Waals surface area contributed by atoms with Crippen LogP contribution in [0.1, 0.15) is 0 Å². The molecule has 2 aromatic rings. The molecule has 0 aromatic heterocycles. The van der Waals surface area contributed by atoms with Crippen molar-refractivity contribution in [2.45, 2.75) is 0 Å². The fourth-order valence-electron chi connectivity index (χ4n) is 1.83. The Morgan fingerprint density at radius 2 is 1.59 bits per heavy atom. The van der Waals surface area contributed by atoms with Gasteiger partial charge in [-0.05, 0) is 29.8 Å². The summed E-state index contributed by atoms with van der Waals surface area (Å²) in [4.78, 5) is 0. The highest BCUT2D eigenvalue weighted by atomic mass is 35.5. The van der Waals surface area contributed by atoms with Crippen LogP contribution in [0.25, 0.3) is 11.1 Å². The van der Waals surface area contributed by atoms with Crippen molar-refractivity contribution in [3.63, 3.8) is 0 Å². The molecule has 0 saturated carbocycles. The molecular weight excluding hydrogens is 259 g/mol. The van der Waals surface area contributed by atoms with Crippen molar-refractivity contribution in [2.75, 3.05) is 6.79 Å². The summed E-state index contributed by atoms with van der Waals surface area (Å²) in [5.74, 6) is 1.47. The van der Waals surface area contributed by atoms with Crippen LogP contribution in [-0.2, 0) is 0 Å². The highest BCUT2D eigenvalue weighted by Crippen LogP contribution is 2.40. The summed E-state index contributed by atoms with van der Waals surface area (Å²) in [6.07, 6.45) is 0. The smallest absolute Gasteiger partial charge is 0.231 e. The molecule has 2 aromatic carbocycles. The molecule has 0 aliphatic carbocycles. The predicted octanol–water partition coefficient (Wildman–Crippen LogP) is 4.39. The van der Waals surface area contributed by atoms with Crippen LogP contribution in [0.2, 0.25) is 10.0 Å². The minimum Gasteiger partial charge on any atom is -0.454 e. The van der Waals surface area contributed by atoms with Gasteiger partial charge in [-0.15, -0.1) is 0 Å². The van der Waals surface area contributed by atoms with E-state index >= 15 is 0 Å². The molecule has 1 heterocycles. The van der Waals surface area contributed by atoms with Crippen molar-refractivity contribution >= 4 is 23.2 Å². The SMILES string of the molecule is Clc1cccc(Cl)c1-c1ccc2c(c1)OCO2. The topological polar surface area (TPSA) is 18.5 Å². The molecule has 4 heteroatoms. The summed E-state index contributed by atoms with van der Waals surface area (Å²) in [6.45, 7) is 0.259. The van der Waals surface area contributed by atoms with Crippen LogP contribution >= 0.6 is 23.2 Å². The monoisotopic (exact) mass is 266 g/mol. The standard InChI is InChI=1S/C13H8Cl2O2/c14-9-2-1-3-10(15)13(9)8-4-5-11-12(6-8)17-7-16-11/h1-6H,7H2. The molecule has 0 fully saturated rings. The minimum absolute atomic E-state index is 0.259. The Kier molecular flexibility index (Phi) is 2.61. The second kappa shape index (κ2) is 4.13. The molecule has 0 radical (unpaired) electrons. The van der Waals surface area contributed by atoms with E-state index in [-0.39, 0.29) is 6.79 Å². The molecule has 0 N–H and O–H groups in total. The molecule has 0 unspecified atom stereocenters. The zero-order valence-electron chi connectivity index (χ0n) is 8.74. The number of ether oxygens (including phenoxy) is 2. The first-order chi connectivity index (χ1) is 8.25. The van der Waals surface area contributed by atoms with Crippen LogP contribution in [0, 0.1) is 0 Å². The molecule has 3 rings (SSSR count). The van der Waals surface area contributed by atoms with Crippen molar-refractivity contribution in [1.29, 1.82) is 0 Å². The van der Waals surface area contributed by atoms with E-state index in [2.05, 4.69) is 0 Å². The second-order valence-electron chi connectivity index (χ2n) is 3.66. The van der Waals surface area contributed by atoms with Crippen LogP contribution in [0.15, 0.2) is 36.4 Å². The Balaban J connectivity index is 2.16. The van der Waals surface area contributed by atoms with E-state index in [9.17, 15) is 0 Å². The van der Waals surface area contributed by atoms with Crippen LogP contribution in [0.5, 0.6) is 11.5 Å². The van der Waals surface area contributed by atoms with E-state index in [1.54, 1.807) is 0 Å². The molecule has 17 heavy (non-hydrogen) atoms. The molecule has 86 valence electrons. The van der Waals surface area contributed by atoms with E-state index in [0.717, 1.165) is 22.6 Å². The maximum Gasteiger partial charge on any atom is 0.231 e. The lowest BCUT2D eigenvalue weighted by molar-refractivity contribution is 0.174. The summed E-state index contributed by atoms with van der Waals surface area (Å²) >= 11 is 12.3. The van der Waals surface area contributed by atoms with Gasteiger partial charge in [0, 0.05) is 15.6 Å². The van der Waals surface area contributed by atoms with Gasteiger partial charge in [-0.1, -0.05) is 35.3 Å². The first-order valence-corrected chi connectivity index (χ1v) is 5.85.